The van der Waals surface area contributed by atoms with E-state index in [2.05, 4.69) is 29.8 Å². The van der Waals surface area contributed by atoms with E-state index in [4.69, 9.17) is 4.74 Å². The van der Waals surface area contributed by atoms with Crippen LogP contribution in [0.5, 0.6) is 5.75 Å². The summed E-state index contributed by atoms with van der Waals surface area (Å²) in [7, 11) is 0. The maximum Gasteiger partial charge on any atom is 0.183 e. The minimum Gasteiger partial charge on any atom is -0.492 e. The Labute approximate surface area is 156 Å². The summed E-state index contributed by atoms with van der Waals surface area (Å²) in [4.78, 5) is 12.8. The quantitative estimate of drug-likeness (QED) is 0.686. The van der Waals surface area contributed by atoms with Crippen LogP contribution in [0.15, 0.2) is 30.3 Å². The van der Waals surface area contributed by atoms with Gasteiger partial charge < -0.3 is 14.6 Å². The van der Waals surface area contributed by atoms with E-state index < -0.39 is 0 Å². The number of hydrogen-bond donors (Lipinski definition) is 1. The smallest absolute Gasteiger partial charge is 0.183 e. The molecule has 1 aliphatic carbocycles. The van der Waals surface area contributed by atoms with E-state index in [1.54, 1.807) is 0 Å². The van der Waals surface area contributed by atoms with Gasteiger partial charge in [0.05, 0.1) is 18.8 Å². The number of carbonyl (C=O) groups is 1. The lowest BCUT2D eigenvalue weighted by Gasteiger charge is -2.26. The molecule has 0 amide bonds. The first-order valence-electron chi connectivity index (χ1n) is 9.79. The highest BCUT2D eigenvalue weighted by atomic mass is 16.5. The summed E-state index contributed by atoms with van der Waals surface area (Å²) in [6, 6.07) is 10.4. The Kier molecular flexibility index (Phi) is 6.02. The fraction of sp³-hybridized carbons (Fsp3) is 0.500. The SMILES string of the molecule is CCOc1ccccc1NCC(=O)c1cc(C)n(C2CCCCC2)c1C. The molecule has 3 rings (SSSR count). The van der Waals surface area contributed by atoms with Gasteiger partial charge in [0.25, 0.3) is 0 Å². The summed E-state index contributed by atoms with van der Waals surface area (Å²) in [5, 5.41) is 3.25. The highest BCUT2D eigenvalue weighted by Gasteiger charge is 2.22. The summed E-state index contributed by atoms with van der Waals surface area (Å²) in [5.41, 5.74) is 4.02. The van der Waals surface area contributed by atoms with Crippen molar-refractivity contribution in [1.82, 2.24) is 4.57 Å². The molecule has 1 saturated carbocycles. The van der Waals surface area contributed by atoms with Gasteiger partial charge in [-0.1, -0.05) is 31.4 Å². The van der Waals surface area contributed by atoms with Crippen LogP contribution in [-0.2, 0) is 0 Å². The van der Waals surface area contributed by atoms with Crippen molar-refractivity contribution in [3.05, 3.63) is 47.3 Å². The molecule has 1 aromatic carbocycles. The Morgan fingerprint density at radius 1 is 1.19 bits per heavy atom. The van der Waals surface area contributed by atoms with Crippen LogP contribution in [0.1, 0.15) is 66.8 Å². The van der Waals surface area contributed by atoms with Crippen molar-refractivity contribution in [2.24, 2.45) is 0 Å². The van der Waals surface area contributed by atoms with Gasteiger partial charge in [-0.25, -0.2) is 0 Å². The predicted octanol–water partition coefficient (Wildman–Crippen LogP) is 5.30. The molecule has 0 spiro atoms. The summed E-state index contributed by atoms with van der Waals surface area (Å²) in [5.74, 6) is 0.918. The molecule has 1 aliphatic rings. The molecule has 140 valence electrons. The number of ketones is 1. The number of aryl methyl sites for hydroxylation is 1. The van der Waals surface area contributed by atoms with Gasteiger partial charge in [0.1, 0.15) is 5.75 Å². The number of rotatable bonds is 7. The van der Waals surface area contributed by atoms with Gasteiger partial charge in [0.2, 0.25) is 0 Å². The largest absolute Gasteiger partial charge is 0.492 e. The van der Waals surface area contributed by atoms with E-state index in [9.17, 15) is 4.79 Å². The Balaban J connectivity index is 1.72. The second kappa shape index (κ2) is 8.43. The topological polar surface area (TPSA) is 43.3 Å². The minimum atomic E-state index is 0.131. The number of aromatic nitrogens is 1. The van der Waals surface area contributed by atoms with Crippen LogP contribution < -0.4 is 10.1 Å². The zero-order valence-corrected chi connectivity index (χ0v) is 16.2. The first kappa shape index (κ1) is 18.6. The lowest BCUT2D eigenvalue weighted by atomic mass is 9.95. The van der Waals surface area contributed by atoms with E-state index in [1.165, 1.54) is 37.8 Å². The third kappa shape index (κ3) is 3.95. The van der Waals surface area contributed by atoms with Gasteiger partial charge in [-0.3, -0.25) is 4.79 Å². The summed E-state index contributed by atoms with van der Waals surface area (Å²) in [6.45, 7) is 7.05. The van der Waals surface area contributed by atoms with Crippen LogP contribution in [-0.4, -0.2) is 23.5 Å². The summed E-state index contributed by atoms with van der Waals surface area (Å²) < 4.78 is 8.01. The van der Waals surface area contributed by atoms with Crippen molar-refractivity contribution in [3.8, 4) is 5.75 Å². The fourth-order valence-corrected chi connectivity index (χ4v) is 4.13. The van der Waals surface area contributed by atoms with E-state index >= 15 is 0 Å². The van der Waals surface area contributed by atoms with Gasteiger partial charge in [0.15, 0.2) is 5.78 Å². The van der Waals surface area contributed by atoms with Crippen LogP contribution in [0.2, 0.25) is 0 Å². The standard InChI is InChI=1S/C22H30N2O2/c1-4-26-22-13-9-8-12-20(22)23-15-21(25)19-14-16(2)24(17(19)3)18-10-6-5-7-11-18/h8-9,12-14,18,23H,4-7,10-11,15H2,1-3H3. The van der Waals surface area contributed by atoms with Gasteiger partial charge in [-0.2, -0.15) is 0 Å². The monoisotopic (exact) mass is 354 g/mol. The van der Waals surface area contributed by atoms with E-state index in [0.717, 1.165) is 22.7 Å². The Morgan fingerprint density at radius 2 is 1.92 bits per heavy atom. The van der Waals surface area contributed by atoms with Gasteiger partial charge in [0, 0.05) is 23.0 Å². The molecule has 0 radical (unpaired) electrons. The number of Topliss-reactive ketones (excluding diaryl/α,β-unsaturated/α-hetero) is 1. The third-order valence-corrected chi connectivity index (χ3v) is 5.35. The highest BCUT2D eigenvalue weighted by Crippen LogP contribution is 2.32. The number of anilines is 1. The second-order valence-electron chi connectivity index (χ2n) is 7.15. The predicted molar refractivity (Wildman–Crippen MR) is 106 cm³/mol. The van der Waals surface area contributed by atoms with Crippen LogP contribution in [0.25, 0.3) is 0 Å². The maximum atomic E-state index is 12.8. The molecular formula is C22H30N2O2. The van der Waals surface area contributed by atoms with E-state index in [1.807, 2.05) is 31.2 Å². The van der Waals surface area contributed by atoms with Crippen molar-refractivity contribution in [2.45, 2.75) is 58.9 Å². The number of para-hydroxylation sites is 2. The summed E-state index contributed by atoms with van der Waals surface area (Å²) >= 11 is 0. The van der Waals surface area contributed by atoms with Crippen LogP contribution in [0, 0.1) is 13.8 Å². The van der Waals surface area contributed by atoms with Gasteiger partial charge >= 0.3 is 0 Å². The molecule has 0 atom stereocenters. The van der Waals surface area contributed by atoms with Crippen molar-refractivity contribution in [1.29, 1.82) is 0 Å². The molecular weight excluding hydrogens is 324 g/mol. The molecule has 4 nitrogen and oxygen atoms in total. The Morgan fingerprint density at radius 3 is 2.65 bits per heavy atom. The number of nitrogens with zero attached hydrogens (tertiary/aromatic N) is 1. The van der Waals surface area contributed by atoms with Crippen LogP contribution >= 0.6 is 0 Å². The second-order valence-corrected chi connectivity index (χ2v) is 7.15. The van der Waals surface area contributed by atoms with Crippen molar-refractivity contribution < 1.29 is 9.53 Å². The fourth-order valence-electron chi connectivity index (χ4n) is 4.13. The first-order chi connectivity index (χ1) is 12.6. The first-order valence-corrected chi connectivity index (χ1v) is 9.79. The minimum absolute atomic E-state index is 0.131. The zero-order chi connectivity index (χ0) is 18.5. The van der Waals surface area contributed by atoms with Crippen LogP contribution in [0.3, 0.4) is 0 Å². The molecule has 1 fully saturated rings. The van der Waals surface area contributed by atoms with Crippen molar-refractivity contribution >= 4 is 11.5 Å². The lowest BCUT2D eigenvalue weighted by molar-refractivity contribution is 0.100. The van der Waals surface area contributed by atoms with Gasteiger partial charge in [-0.15, -0.1) is 0 Å². The molecule has 0 bridgehead atoms. The summed E-state index contributed by atoms with van der Waals surface area (Å²) in [6.07, 6.45) is 6.38. The van der Waals surface area contributed by atoms with Crippen molar-refractivity contribution in [3.63, 3.8) is 0 Å². The molecule has 0 saturated heterocycles. The molecule has 1 heterocycles. The number of ether oxygens (including phenoxy) is 1. The number of carbonyl (C=O) groups excluding carboxylic acids is 1. The van der Waals surface area contributed by atoms with Gasteiger partial charge in [-0.05, 0) is 51.8 Å². The highest BCUT2D eigenvalue weighted by molar-refractivity contribution is 6.00. The number of nitrogens with one attached hydrogen (secondary N) is 1. The molecule has 0 aliphatic heterocycles. The Hall–Kier alpha value is -2.23. The molecule has 1 N–H and O–H groups in total. The van der Waals surface area contributed by atoms with Crippen LogP contribution in [0.4, 0.5) is 5.69 Å². The maximum absolute atomic E-state index is 12.8. The molecule has 1 aromatic heterocycles. The third-order valence-electron chi connectivity index (χ3n) is 5.35. The normalized spacial score (nSPS) is 15.0. The van der Waals surface area contributed by atoms with E-state index in [0.29, 0.717) is 12.6 Å². The lowest BCUT2D eigenvalue weighted by Crippen LogP contribution is -2.18. The van der Waals surface area contributed by atoms with Crippen molar-refractivity contribution in [2.75, 3.05) is 18.5 Å². The molecule has 4 heteroatoms. The van der Waals surface area contributed by atoms with E-state index in [-0.39, 0.29) is 12.3 Å². The molecule has 2 aromatic rings. The molecule has 0 unspecified atom stereocenters. The zero-order valence-electron chi connectivity index (χ0n) is 16.2. The Bertz CT molecular complexity index is 757. The average molecular weight is 354 g/mol. The average Bonchev–Trinajstić information content (AvgIpc) is 2.96. The number of benzene rings is 1. The molecule has 26 heavy (non-hydrogen) atoms. The number of hydrogen-bond acceptors (Lipinski definition) is 3.